The van der Waals surface area contributed by atoms with Crippen LogP contribution in [0, 0.1) is 0 Å². The summed E-state index contributed by atoms with van der Waals surface area (Å²) < 4.78 is 49.9. The van der Waals surface area contributed by atoms with Crippen molar-refractivity contribution < 1.29 is 32.2 Å². The van der Waals surface area contributed by atoms with Crippen molar-refractivity contribution in [3.8, 4) is 11.5 Å². The number of benzene rings is 3. The molecule has 0 unspecified atom stereocenters. The van der Waals surface area contributed by atoms with E-state index in [1.807, 2.05) is 6.92 Å². The van der Waals surface area contributed by atoms with E-state index in [-0.39, 0.29) is 17.3 Å². The number of hydrogen-bond acceptors (Lipinski definition) is 4. The molecular formula is C24H21F3N2O4. The van der Waals surface area contributed by atoms with Gasteiger partial charge in [0.15, 0.2) is 6.61 Å². The lowest BCUT2D eigenvalue weighted by atomic mass is 10.1. The molecule has 0 atom stereocenters. The van der Waals surface area contributed by atoms with Gasteiger partial charge in [-0.25, -0.2) is 0 Å². The highest BCUT2D eigenvalue weighted by atomic mass is 19.4. The molecule has 2 amide bonds. The summed E-state index contributed by atoms with van der Waals surface area (Å²) in [4.78, 5) is 24.5. The van der Waals surface area contributed by atoms with E-state index in [1.165, 1.54) is 36.4 Å². The second-order valence-electron chi connectivity index (χ2n) is 6.79. The molecule has 0 radical (unpaired) electrons. The molecule has 0 aliphatic carbocycles. The zero-order chi connectivity index (χ0) is 23.8. The maximum Gasteiger partial charge on any atom is 0.418 e. The van der Waals surface area contributed by atoms with Crippen molar-refractivity contribution in [2.75, 3.05) is 23.8 Å². The molecule has 0 heterocycles. The zero-order valence-corrected chi connectivity index (χ0v) is 17.6. The Kier molecular flexibility index (Phi) is 7.55. The fourth-order valence-corrected chi connectivity index (χ4v) is 2.92. The molecule has 0 spiro atoms. The van der Waals surface area contributed by atoms with Crippen LogP contribution in [0.3, 0.4) is 0 Å². The average Bonchev–Trinajstić information content (AvgIpc) is 2.79. The number of ether oxygens (including phenoxy) is 2. The first kappa shape index (κ1) is 23.6. The third-order valence-corrected chi connectivity index (χ3v) is 4.43. The maximum atomic E-state index is 13.0. The van der Waals surface area contributed by atoms with Crippen LogP contribution in [0.15, 0.2) is 72.8 Å². The molecule has 0 saturated carbocycles. The van der Waals surface area contributed by atoms with Crippen molar-refractivity contribution in [3.05, 3.63) is 83.9 Å². The van der Waals surface area contributed by atoms with Gasteiger partial charge < -0.3 is 20.1 Å². The molecule has 3 aromatic rings. The van der Waals surface area contributed by atoms with Gasteiger partial charge in [-0.05, 0) is 55.5 Å². The third-order valence-electron chi connectivity index (χ3n) is 4.43. The van der Waals surface area contributed by atoms with Gasteiger partial charge in [0.2, 0.25) is 0 Å². The molecule has 0 aliphatic heterocycles. The Balaban J connectivity index is 1.57. The molecular weight excluding hydrogens is 437 g/mol. The summed E-state index contributed by atoms with van der Waals surface area (Å²) in [6, 6.07) is 17.7. The number of amides is 2. The van der Waals surface area contributed by atoms with Crippen LogP contribution in [-0.4, -0.2) is 25.0 Å². The molecule has 3 aromatic carbocycles. The highest BCUT2D eigenvalue weighted by Gasteiger charge is 2.33. The lowest BCUT2D eigenvalue weighted by molar-refractivity contribution is -0.137. The number of carbonyl (C=O) groups excluding carboxylic acids is 2. The molecule has 3 rings (SSSR count). The minimum absolute atomic E-state index is 0.278. The Hall–Kier alpha value is -4.01. The van der Waals surface area contributed by atoms with Crippen molar-refractivity contribution in [1.82, 2.24) is 0 Å². The second-order valence-corrected chi connectivity index (χ2v) is 6.79. The second kappa shape index (κ2) is 10.5. The number of para-hydroxylation sites is 3. The fourth-order valence-electron chi connectivity index (χ4n) is 2.92. The molecule has 0 aliphatic rings. The topological polar surface area (TPSA) is 76.7 Å². The van der Waals surface area contributed by atoms with Gasteiger partial charge in [-0.3, -0.25) is 9.59 Å². The van der Waals surface area contributed by atoms with Crippen LogP contribution >= 0.6 is 0 Å². The molecule has 33 heavy (non-hydrogen) atoms. The smallest absolute Gasteiger partial charge is 0.418 e. The van der Waals surface area contributed by atoms with E-state index in [2.05, 4.69) is 10.6 Å². The summed E-state index contributed by atoms with van der Waals surface area (Å²) in [6.45, 7) is 1.79. The Bertz CT molecular complexity index is 1120. The minimum atomic E-state index is -4.59. The molecule has 2 N–H and O–H groups in total. The first-order chi connectivity index (χ1) is 15.8. The summed E-state index contributed by atoms with van der Waals surface area (Å²) in [6.07, 6.45) is -4.59. The summed E-state index contributed by atoms with van der Waals surface area (Å²) in [5.41, 5.74) is -0.421. The van der Waals surface area contributed by atoms with E-state index >= 15 is 0 Å². The molecule has 0 aromatic heterocycles. The fraction of sp³-hybridized carbons (Fsp3) is 0.167. The standard InChI is InChI=1S/C24H21F3N2O4/c1-2-32-21-10-6-5-9-20(21)29-23(31)16-11-13-17(14-12-16)33-15-22(30)28-19-8-4-3-7-18(19)24(25,26)27/h3-14H,2,15H2,1H3,(H,28,30)(H,29,31). The van der Waals surface area contributed by atoms with Crippen LogP contribution < -0.4 is 20.1 Å². The van der Waals surface area contributed by atoms with Gasteiger partial charge in [-0.15, -0.1) is 0 Å². The monoisotopic (exact) mass is 458 g/mol. The number of carbonyl (C=O) groups is 2. The lowest BCUT2D eigenvalue weighted by Gasteiger charge is -2.14. The van der Waals surface area contributed by atoms with E-state index in [1.54, 1.807) is 24.3 Å². The van der Waals surface area contributed by atoms with E-state index in [4.69, 9.17) is 9.47 Å². The van der Waals surface area contributed by atoms with Gasteiger partial charge in [0.05, 0.1) is 23.5 Å². The first-order valence-electron chi connectivity index (χ1n) is 10.00. The van der Waals surface area contributed by atoms with Crippen molar-refractivity contribution >= 4 is 23.2 Å². The molecule has 0 bridgehead atoms. The Morgan fingerprint density at radius 1 is 0.818 bits per heavy atom. The quantitative estimate of drug-likeness (QED) is 0.476. The number of halogens is 3. The molecule has 9 heteroatoms. The van der Waals surface area contributed by atoms with E-state index in [0.29, 0.717) is 23.6 Å². The van der Waals surface area contributed by atoms with Gasteiger partial charge in [0.25, 0.3) is 11.8 Å². The number of alkyl halides is 3. The third kappa shape index (κ3) is 6.49. The number of hydrogen-bond donors (Lipinski definition) is 2. The normalized spacial score (nSPS) is 10.9. The summed E-state index contributed by atoms with van der Waals surface area (Å²) in [7, 11) is 0. The lowest BCUT2D eigenvalue weighted by Crippen LogP contribution is -2.22. The summed E-state index contributed by atoms with van der Waals surface area (Å²) in [5, 5.41) is 4.97. The Morgan fingerprint density at radius 3 is 2.12 bits per heavy atom. The van der Waals surface area contributed by atoms with E-state index in [9.17, 15) is 22.8 Å². The zero-order valence-electron chi connectivity index (χ0n) is 17.6. The van der Waals surface area contributed by atoms with E-state index in [0.717, 1.165) is 12.1 Å². The number of nitrogens with one attached hydrogen (secondary N) is 2. The van der Waals surface area contributed by atoms with E-state index < -0.39 is 24.3 Å². The predicted molar refractivity (Wildman–Crippen MR) is 118 cm³/mol. The van der Waals surface area contributed by atoms with Crippen molar-refractivity contribution in [3.63, 3.8) is 0 Å². The highest BCUT2D eigenvalue weighted by Crippen LogP contribution is 2.34. The van der Waals surface area contributed by atoms with Gasteiger partial charge in [-0.1, -0.05) is 24.3 Å². The Labute approximate surface area is 188 Å². The molecule has 0 fully saturated rings. The largest absolute Gasteiger partial charge is 0.492 e. The minimum Gasteiger partial charge on any atom is -0.492 e. The van der Waals surface area contributed by atoms with Crippen molar-refractivity contribution in [2.45, 2.75) is 13.1 Å². The number of rotatable bonds is 8. The van der Waals surface area contributed by atoms with Crippen LogP contribution in [0.2, 0.25) is 0 Å². The molecule has 0 saturated heterocycles. The van der Waals surface area contributed by atoms with Crippen LogP contribution in [-0.2, 0) is 11.0 Å². The van der Waals surface area contributed by atoms with Crippen LogP contribution in [0.1, 0.15) is 22.8 Å². The molecule has 6 nitrogen and oxygen atoms in total. The van der Waals surface area contributed by atoms with Crippen LogP contribution in [0.25, 0.3) is 0 Å². The molecule has 172 valence electrons. The summed E-state index contributed by atoms with van der Waals surface area (Å²) in [5.74, 6) is -0.289. The SMILES string of the molecule is CCOc1ccccc1NC(=O)c1ccc(OCC(=O)Nc2ccccc2C(F)(F)F)cc1. The number of anilines is 2. The van der Waals surface area contributed by atoms with Gasteiger partial charge in [-0.2, -0.15) is 13.2 Å². The average molecular weight is 458 g/mol. The van der Waals surface area contributed by atoms with Crippen molar-refractivity contribution in [1.29, 1.82) is 0 Å². The summed E-state index contributed by atoms with van der Waals surface area (Å²) >= 11 is 0. The van der Waals surface area contributed by atoms with Gasteiger partial charge >= 0.3 is 6.18 Å². The van der Waals surface area contributed by atoms with Gasteiger partial charge in [0, 0.05) is 5.56 Å². The predicted octanol–water partition coefficient (Wildman–Crippen LogP) is 5.37. The highest BCUT2D eigenvalue weighted by molar-refractivity contribution is 6.05. The van der Waals surface area contributed by atoms with Crippen LogP contribution in [0.4, 0.5) is 24.5 Å². The first-order valence-corrected chi connectivity index (χ1v) is 10.00. The Morgan fingerprint density at radius 2 is 1.45 bits per heavy atom. The maximum absolute atomic E-state index is 13.0. The van der Waals surface area contributed by atoms with Crippen molar-refractivity contribution in [2.24, 2.45) is 0 Å². The van der Waals surface area contributed by atoms with Crippen LogP contribution in [0.5, 0.6) is 11.5 Å². The van der Waals surface area contributed by atoms with Gasteiger partial charge in [0.1, 0.15) is 11.5 Å².